The predicted octanol–water partition coefficient (Wildman–Crippen LogP) is 2.78. The van der Waals surface area contributed by atoms with Crippen LogP contribution in [0.1, 0.15) is 58.6 Å². The Labute approximate surface area is 298 Å². The molecular formula is C36H38ClF3N8O3. The van der Waals surface area contributed by atoms with Gasteiger partial charge in [0.15, 0.2) is 0 Å². The first-order valence-corrected chi connectivity index (χ1v) is 16.3. The van der Waals surface area contributed by atoms with Crippen molar-refractivity contribution in [2.24, 2.45) is 13.0 Å². The van der Waals surface area contributed by atoms with Gasteiger partial charge in [-0.25, -0.2) is 9.36 Å². The Morgan fingerprint density at radius 3 is 2.39 bits per heavy atom. The lowest BCUT2D eigenvalue weighted by molar-refractivity contribution is -0.907. The third-order valence-corrected chi connectivity index (χ3v) is 9.24. The smallest absolute Gasteiger partial charge is 0.416 e. The number of nitrogens with one attached hydrogen (secondary N) is 1. The number of hydrogen-bond donors (Lipinski definition) is 1. The van der Waals surface area contributed by atoms with Crippen molar-refractivity contribution in [1.29, 1.82) is 5.26 Å². The number of alkyl halides is 3. The van der Waals surface area contributed by atoms with Crippen molar-refractivity contribution in [3.05, 3.63) is 105 Å². The van der Waals surface area contributed by atoms with Crippen LogP contribution in [0.2, 0.25) is 0 Å². The molecule has 0 unspecified atom stereocenters. The molecule has 3 aromatic heterocycles. The lowest BCUT2D eigenvalue weighted by Crippen LogP contribution is -3.00. The van der Waals surface area contributed by atoms with E-state index in [1.54, 1.807) is 30.3 Å². The van der Waals surface area contributed by atoms with Crippen LogP contribution in [0.25, 0.3) is 22.8 Å². The van der Waals surface area contributed by atoms with E-state index in [0.717, 1.165) is 58.7 Å². The van der Waals surface area contributed by atoms with Gasteiger partial charge in [-0.1, -0.05) is 11.2 Å². The minimum Gasteiger partial charge on any atom is -1.00 e. The number of amides is 1. The summed E-state index contributed by atoms with van der Waals surface area (Å²) in [6, 6.07) is 16.5. The van der Waals surface area contributed by atoms with E-state index in [1.165, 1.54) is 34.7 Å². The number of quaternary nitrogens is 1. The molecule has 11 nitrogen and oxygen atoms in total. The average molecular weight is 723 g/mol. The normalized spacial score (nSPS) is 16.4. The monoisotopic (exact) mass is 722 g/mol. The maximum Gasteiger partial charge on any atom is 0.416 e. The first-order chi connectivity index (χ1) is 23.7. The number of rotatable bonds is 9. The highest BCUT2D eigenvalue weighted by molar-refractivity contribution is 6.00. The molecule has 0 aliphatic heterocycles. The van der Waals surface area contributed by atoms with Crippen LogP contribution in [0.15, 0.2) is 76.2 Å². The molecule has 0 spiro atoms. The lowest BCUT2D eigenvalue weighted by Gasteiger charge is -2.36. The molecule has 268 valence electrons. The second-order valence-electron chi connectivity index (χ2n) is 13.6. The van der Waals surface area contributed by atoms with E-state index in [9.17, 15) is 28.0 Å². The van der Waals surface area contributed by atoms with Gasteiger partial charge in [0.25, 0.3) is 11.5 Å². The second-order valence-corrected chi connectivity index (χ2v) is 13.6. The minimum absolute atomic E-state index is 0. The van der Waals surface area contributed by atoms with Gasteiger partial charge in [-0.15, -0.1) is 0 Å². The molecule has 15 heteroatoms. The fraction of sp³-hybridized carbons (Fsp3) is 0.361. The largest absolute Gasteiger partial charge is 1.00 e. The Balaban J connectivity index is 0.00000504. The number of halogens is 4. The van der Waals surface area contributed by atoms with Gasteiger partial charge in [0.1, 0.15) is 29.3 Å². The molecule has 5 aromatic rings. The van der Waals surface area contributed by atoms with Gasteiger partial charge in [-0.05, 0) is 81.1 Å². The third-order valence-electron chi connectivity index (χ3n) is 9.24. The summed E-state index contributed by atoms with van der Waals surface area (Å²) in [5.41, 5.74) is 0.529. The molecule has 2 aromatic carbocycles. The molecule has 6 rings (SSSR count). The molecule has 0 saturated heterocycles. The van der Waals surface area contributed by atoms with Crippen LogP contribution in [0.5, 0.6) is 0 Å². The zero-order valence-electron chi connectivity index (χ0n) is 28.6. The van der Waals surface area contributed by atoms with Gasteiger partial charge in [0.05, 0.1) is 61.1 Å². The van der Waals surface area contributed by atoms with Crippen molar-refractivity contribution in [2.75, 3.05) is 20.6 Å². The molecule has 3 heterocycles. The number of benzene rings is 2. The van der Waals surface area contributed by atoms with Crippen molar-refractivity contribution in [3.63, 3.8) is 0 Å². The summed E-state index contributed by atoms with van der Waals surface area (Å²) in [6.45, 7) is 3.54. The van der Waals surface area contributed by atoms with Crippen LogP contribution in [0.3, 0.4) is 0 Å². The maximum atomic E-state index is 14.2. The number of nitrogens with zero attached hydrogens (tertiary/aromatic N) is 7. The first-order valence-electron chi connectivity index (χ1n) is 16.3. The number of nitriles is 1. The Morgan fingerprint density at radius 2 is 1.76 bits per heavy atom. The summed E-state index contributed by atoms with van der Waals surface area (Å²) in [4.78, 5) is 28.3. The van der Waals surface area contributed by atoms with Crippen LogP contribution in [0, 0.1) is 24.2 Å². The zero-order valence-corrected chi connectivity index (χ0v) is 29.4. The highest BCUT2D eigenvalue weighted by Gasteiger charge is 2.34. The molecule has 1 saturated carbocycles. The molecule has 0 radical (unpaired) electrons. The summed E-state index contributed by atoms with van der Waals surface area (Å²) in [5, 5.41) is 20.9. The van der Waals surface area contributed by atoms with Gasteiger partial charge in [-0.3, -0.25) is 14.3 Å². The van der Waals surface area contributed by atoms with E-state index in [4.69, 9.17) is 4.52 Å². The zero-order chi connectivity index (χ0) is 35.8. The van der Waals surface area contributed by atoms with E-state index >= 15 is 0 Å². The van der Waals surface area contributed by atoms with Crippen molar-refractivity contribution in [1.82, 2.24) is 29.6 Å². The van der Waals surface area contributed by atoms with E-state index < -0.39 is 23.2 Å². The predicted molar refractivity (Wildman–Crippen MR) is 178 cm³/mol. The highest BCUT2D eigenvalue weighted by atomic mass is 35.5. The van der Waals surface area contributed by atoms with Gasteiger partial charge in [-0.2, -0.15) is 23.5 Å². The van der Waals surface area contributed by atoms with Gasteiger partial charge in [0, 0.05) is 25.1 Å². The Hall–Kier alpha value is -5.13. The van der Waals surface area contributed by atoms with Gasteiger partial charge >= 0.3 is 6.18 Å². The molecule has 1 N–H and O–H groups in total. The maximum absolute atomic E-state index is 14.2. The van der Waals surface area contributed by atoms with Crippen LogP contribution in [-0.4, -0.2) is 61.4 Å². The molecule has 1 fully saturated rings. The first kappa shape index (κ1) is 37.1. The second kappa shape index (κ2) is 14.6. The van der Waals surface area contributed by atoms with Gasteiger partial charge < -0.3 is 26.7 Å². The Kier molecular flexibility index (Phi) is 10.6. The molecule has 0 bridgehead atoms. The molecule has 1 aliphatic carbocycles. The van der Waals surface area contributed by atoms with Crippen LogP contribution in [0.4, 0.5) is 13.2 Å². The van der Waals surface area contributed by atoms with Crippen molar-refractivity contribution in [2.45, 2.75) is 51.4 Å². The SMILES string of the molecule is Cc1cc(C[N+](C)(C)C[C@H]2CC[C@H](NC(=O)c3c(-c4ccnn4-c4ccc(C#N)cc4)n(C)n(-c4cccc(C(F)(F)F)c4)c3=O)CC2)no1.[Cl-]. The average Bonchev–Trinajstić information content (AvgIpc) is 3.78. The standard InChI is InChI=1S/C36H37F3N8O3.ClH/c1-23-18-28(43-50-23)22-47(3,4)21-25-8-12-27(13-9-25)42-34(48)32-33(31-16-17-41-45(31)29-14-10-24(20-40)11-15-29)44(2)46(35(32)49)30-7-5-6-26(19-30)36(37,38)39;/h5-7,10-11,14-19,25,27H,8-9,12-13,21-22H2,1-4H3;1H/t25-,27-;. The number of aromatic nitrogens is 5. The summed E-state index contributed by atoms with van der Waals surface area (Å²) >= 11 is 0. The summed E-state index contributed by atoms with van der Waals surface area (Å²) in [7, 11) is 5.84. The van der Waals surface area contributed by atoms with E-state index in [2.05, 4.69) is 35.7 Å². The molecule has 1 amide bonds. The van der Waals surface area contributed by atoms with Crippen molar-refractivity contribution < 1.29 is 39.4 Å². The summed E-state index contributed by atoms with van der Waals surface area (Å²) in [6.07, 6.45) is 0.0634. The molecule has 51 heavy (non-hydrogen) atoms. The Morgan fingerprint density at radius 1 is 1.06 bits per heavy atom. The fourth-order valence-electron chi connectivity index (χ4n) is 7.02. The molecule has 0 atom stereocenters. The number of carbonyl (C=O) groups excluding carboxylic acids is 1. The molecule has 1 aliphatic rings. The minimum atomic E-state index is -4.63. The number of aryl methyl sites for hydroxylation is 1. The molecular weight excluding hydrogens is 685 g/mol. The third kappa shape index (κ3) is 7.95. The van der Waals surface area contributed by atoms with E-state index in [1.807, 2.05) is 13.0 Å². The van der Waals surface area contributed by atoms with Crippen molar-refractivity contribution >= 4 is 5.91 Å². The van der Waals surface area contributed by atoms with E-state index in [0.29, 0.717) is 35.7 Å². The quantitative estimate of drug-likeness (QED) is 0.234. The van der Waals surface area contributed by atoms with Gasteiger partial charge in [0.2, 0.25) is 0 Å². The topological polar surface area (TPSA) is 124 Å². The van der Waals surface area contributed by atoms with Crippen molar-refractivity contribution in [3.8, 4) is 28.8 Å². The Bertz CT molecular complexity index is 2110. The number of carbonyl (C=O) groups is 1. The lowest BCUT2D eigenvalue weighted by atomic mass is 9.85. The highest BCUT2D eigenvalue weighted by Crippen LogP contribution is 2.32. The summed E-state index contributed by atoms with van der Waals surface area (Å²) in [5.74, 6) is 0.594. The van der Waals surface area contributed by atoms with Crippen LogP contribution >= 0.6 is 0 Å². The summed E-state index contributed by atoms with van der Waals surface area (Å²) < 4.78 is 51.0. The van der Waals surface area contributed by atoms with Crippen LogP contribution in [-0.2, 0) is 19.8 Å². The number of hydrogen-bond acceptors (Lipinski definition) is 6. The van der Waals surface area contributed by atoms with E-state index in [-0.39, 0.29) is 35.4 Å². The fourth-order valence-corrected chi connectivity index (χ4v) is 7.02. The van der Waals surface area contributed by atoms with Crippen LogP contribution < -0.4 is 23.3 Å².